The minimum Gasteiger partial charge on any atom is -0.356 e. The molecule has 0 saturated heterocycles. The topological polar surface area (TPSA) is 58.2 Å². The molecule has 1 aromatic carbocycles. The molecular weight excluding hydrogens is 271 g/mol. The van der Waals surface area contributed by atoms with E-state index in [0.717, 1.165) is 0 Å². The van der Waals surface area contributed by atoms with Crippen molar-refractivity contribution in [1.29, 1.82) is 0 Å². The summed E-state index contributed by atoms with van der Waals surface area (Å²) in [5.41, 5.74) is 0.586. The third-order valence-electron chi connectivity index (χ3n) is 3.55. The molecule has 5 heteroatoms. The predicted molar refractivity (Wildman–Crippen MR) is 78.0 cm³/mol. The van der Waals surface area contributed by atoms with Crippen LogP contribution in [0.3, 0.4) is 0 Å². The highest BCUT2D eigenvalue weighted by atomic mass is 19.1. The first-order valence-corrected chi connectivity index (χ1v) is 7.30. The highest BCUT2D eigenvalue weighted by molar-refractivity contribution is 5.92. The van der Waals surface area contributed by atoms with Gasteiger partial charge in [-0.05, 0) is 38.3 Å². The molecule has 2 rings (SSSR count). The molecular formula is C16H21FN2O2. The maximum absolute atomic E-state index is 13.4. The maximum Gasteiger partial charge on any atom is 0.224 e. The van der Waals surface area contributed by atoms with Crippen LogP contribution in [0.2, 0.25) is 0 Å². The summed E-state index contributed by atoms with van der Waals surface area (Å²) in [5.74, 6) is -0.868. The van der Waals surface area contributed by atoms with Gasteiger partial charge in [-0.1, -0.05) is 18.2 Å². The summed E-state index contributed by atoms with van der Waals surface area (Å²) < 4.78 is 13.4. The zero-order chi connectivity index (χ0) is 15.4. The molecule has 1 aromatic rings. The van der Waals surface area contributed by atoms with Crippen LogP contribution in [-0.4, -0.2) is 24.4 Å². The SMILES string of the molecule is CC(C)NC(=O)C1CC1C(=O)NCCc1ccccc1F. The van der Waals surface area contributed by atoms with E-state index in [2.05, 4.69) is 10.6 Å². The van der Waals surface area contributed by atoms with E-state index in [-0.39, 0.29) is 35.5 Å². The third-order valence-corrected chi connectivity index (χ3v) is 3.55. The molecule has 1 fully saturated rings. The van der Waals surface area contributed by atoms with Gasteiger partial charge in [0.05, 0.1) is 11.8 Å². The van der Waals surface area contributed by atoms with Crippen molar-refractivity contribution in [1.82, 2.24) is 10.6 Å². The summed E-state index contributed by atoms with van der Waals surface area (Å²) >= 11 is 0. The Labute approximate surface area is 124 Å². The van der Waals surface area contributed by atoms with Crippen LogP contribution in [0.4, 0.5) is 4.39 Å². The Kier molecular flexibility index (Phi) is 4.94. The minimum atomic E-state index is -0.257. The van der Waals surface area contributed by atoms with Gasteiger partial charge < -0.3 is 10.6 Å². The molecule has 4 nitrogen and oxygen atoms in total. The summed E-state index contributed by atoms with van der Waals surface area (Å²) in [7, 11) is 0. The van der Waals surface area contributed by atoms with Gasteiger partial charge >= 0.3 is 0 Å². The van der Waals surface area contributed by atoms with Gasteiger partial charge in [0.2, 0.25) is 11.8 Å². The highest BCUT2D eigenvalue weighted by Crippen LogP contribution is 2.38. The molecule has 114 valence electrons. The van der Waals surface area contributed by atoms with Crippen LogP contribution < -0.4 is 10.6 Å². The minimum absolute atomic E-state index is 0.0562. The molecule has 2 N–H and O–H groups in total. The van der Waals surface area contributed by atoms with Crippen LogP contribution in [-0.2, 0) is 16.0 Å². The zero-order valence-electron chi connectivity index (χ0n) is 12.4. The Balaban J connectivity index is 1.72. The van der Waals surface area contributed by atoms with E-state index in [1.165, 1.54) is 6.07 Å². The first kappa shape index (κ1) is 15.5. The van der Waals surface area contributed by atoms with E-state index in [9.17, 15) is 14.0 Å². The Morgan fingerprint density at radius 3 is 2.57 bits per heavy atom. The molecule has 21 heavy (non-hydrogen) atoms. The summed E-state index contributed by atoms with van der Waals surface area (Å²) in [5, 5.41) is 5.58. The zero-order valence-corrected chi connectivity index (χ0v) is 12.4. The Bertz CT molecular complexity index is 531. The fourth-order valence-corrected chi connectivity index (χ4v) is 2.32. The molecule has 1 aliphatic carbocycles. The van der Waals surface area contributed by atoms with Gasteiger partial charge in [-0.3, -0.25) is 9.59 Å². The summed E-state index contributed by atoms with van der Waals surface area (Å²) in [6.07, 6.45) is 1.05. The standard InChI is InChI=1S/C16H21FN2O2/c1-10(2)19-16(21)13-9-12(13)15(20)18-8-7-11-5-3-4-6-14(11)17/h3-6,10,12-13H,7-9H2,1-2H3,(H,18,20)(H,19,21). The Morgan fingerprint density at radius 1 is 1.24 bits per heavy atom. The summed E-state index contributed by atoms with van der Waals surface area (Å²) in [4.78, 5) is 23.6. The molecule has 0 bridgehead atoms. The van der Waals surface area contributed by atoms with Crippen molar-refractivity contribution in [2.24, 2.45) is 11.8 Å². The van der Waals surface area contributed by atoms with Crippen molar-refractivity contribution in [3.63, 3.8) is 0 Å². The molecule has 0 spiro atoms. The van der Waals surface area contributed by atoms with Crippen molar-refractivity contribution in [3.05, 3.63) is 35.6 Å². The van der Waals surface area contributed by atoms with Crippen molar-refractivity contribution in [2.45, 2.75) is 32.7 Å². The van der Waals surface area contributed by atoms with E-state index < -0.39 is 0 Å². The van der Waals surface area contributed by atoms with Gasteiger partial charge in [0, 0.05) is 12.6 Å². The highest BCUT2D eigenvalue weighted by Gasteiger charge is 2.47. The average Bonchev–Trinajstić information content (AvgIpc) is 3.20. The fraction of sp³-hybridized carbons (Fsp3) is 0.500. The second kappa shape index (κ2) is 6.70. The summed E-state index contributed by atoms with van der Waals surface area (Å²) in [6, 6.07) is 6.61. The van der Waals surface area contributed by atoms with Crippen LogP contribution in [0.15, 0.2) is 24.3 Å². The second-order valence-corrected chi connectivity index (χ2v) is 5.74. The smallest absolute Gasteiger partial charge is 0.224 e. The van der Waals surface area contributed by atoms with Crippen molar-refractivity contribution < 1.29 is 14.0 Å². The normalized spacial score (nSPS) is 20.2. The van der Waals surface area contributed by atoms with E-state index in [4.69, 9.17) is 0 Å². The maximum atomic E-state index is 13.4. The van der Waals surface area contributed by atoms with Gasteiger partial charge in [0.25, 0.3) is 0 Å². The van der Waals surface area contributed by atoms with Crippen LogP contribution in [0, 0.1) is 17.7 Å². The molecule has 2 unspecified atom stereocenters. The first-order chi connectivity index (χ1) is 9.99. The van der Waals surface area contributed by atoms with Crippen molar-refractivity contribution in [3.8, 4) is 0 Å². The molecule has 0 radical (unpaired) electrons. The molecule has 0 heterocycles. The Hall–Kier alpha value is -1.91. The van der Waals surface area contributed by atoms with Gasteiger partial charge in [-0.25, -0.2) is 4.39 Å². The van der Waals surface area contributed by atoms with Gasteiger partial charge in [0.1, 0.15) is 5.82 Å². The van der Waals surface area contributed by atoms with Crippen molar-refractivity contribution in [2.75, 3.05) is 6.54 Å². The number of rotatable bonds is 6. The van der Waals surface area contributed by atoms with Crippen LogP contribution in [0.25, 0.3) is 0 Å². The monoisotopic (exact) mass is 292 g/mol. The van der Waals surface area contributed by atoms with E-state index in [1.807, 2.05) is 13.8 Å². The largest absolute Gasteiger partial charge is 0.356 e. The quantitative estimate of drug-likeness (QED) is 0.837. The lowest BCUT2D eigenvalue weighted by Crippen LogP contribution is -2.34. The Morgan fingerprint density at radius 2 is 1.90 bits per heavy atom. The van der Waals surface area contributed by atoms with E-state index in [1.54, 1.807) is 18.2 Å². The lowest BCUT2D eigenvalue weighted by Gasteiger charge is -2.08. The number of halogens is 1. The lowest BCUT2D eigenvalue weighted by atomic mass is 10.1. The molecule has 2 amide bonds. The second-order valence-electron chi connectivity index (χ2n) is 5.74. The van der Waals surface area contributed by atoms with E-state index >= 15 is 0 Å². The number of hydrogen-bond donors (Lipinski definition) is 2. The number of benzene rings is 1. The summed E-state index contributed by atoms with van der Waals surface area (Å²) in [6.45, 7) is 4.17. The lowest BCUT2D eigenvalue weighted by molar-refractivity contribution is -0.127. The van der Waals surface area contributed by atoms with Crippen LogP contribution in [0.1, 0.15) is 25.8 Å². The third kappa shape index (κ3) is 4.28. The molecule has 0 aromatic heterocycles. The van der Waals surface area contributed by atoms with Gasteiger partial charge in [-0.15, -0.1) is 0 Å². The van der Waals surface area contributed by atoms with Gasteiger partial charge in [0.15, 0.2) is 0 Å². The predicted octanol–water partition coefficient (Wildman–Crippen LogP) is 1.65. The number of hydrogen-bond acceptors (Lipinski definition) is 2. The molecule has 0 aliphatic heterocycles. The van der Waals surface area contributed by atoms with Crippen LogP contribution >= 0.6 is 0 Å². The van der Waals surface area contributed by atoms with Crippen molar-refractivity contribution >= 4 is 11.8 Å². The number of nitrogens with one attached hydrogen (secondary N) is 2. The molecule has 1 aliphatic rings. The van der Waals surface area contributed by atoms with Gasteiger partial charge in [-0.2, -0.15) is 0 Å². The molecule has 1 saturated carbocycles. The number of amides is 2. The average molecular weight is 292 g/mol. The number of carbonyl (C=O) groups is 2. The first-order valence-electron chi connectivity index (χ1n) is 7.30. The van der Waals surface area contributed by atoms with E-state index in [0.29, 0.717) is 24.9 Å². The molecule has 2 atom stereocenters. The van der Waals surface area contributed by atoms with Crippen LogP contribution in [0.5, 0.6) is 0 Å². The fourth-order valence-electron chi connectivity index (χ4n) is 2.32. The number of carbonyl (C=O) groups excluding carboxylic acids is 2.